The van der Waals surface area contributed by atoms with Crippen LogP contribution < -0.4 is 21.1 Å². The maximum atomic E-state index is 15.2. The number of primary amides is 1. The van der Waals surface area contributed by atoms with Gasteiger partial charge < -0.3 is 21.1 Å². The molecule has 1 atom stereocenters. The molecule has 0 aliphatic heterocycles. The second kappa shape index (κ2) is 12.0. The molecule has 0 spiro atoms. The predicted octanol–water partition coefficient (Wildman–Crippen LogP) is 6.09. The van der Waals surface area contributed by atoms with Crippen LogP contribution in [0.4, 0.5) is 10.1 Å². The summed E-state index contributed by atoms with van der Waals surface area (Å²) in [6.45, 7) is 2.22. The molecule has 0 bridgehead atoms. The van der Waals surface area contributed by atoms with Gasteiger partial charge in [0.1, 0.15) is 18.2 Å². The lowest BCUT2D eigenvalue weighted by Gasteiger charge is -2.19. The molecular formula is C30H25FN4O2S. The van der Waals surface area contributed by atoms with Crippen LogP contribution in [0.3, 0.4) is 0 Å². The maximum absolute atomic E-state index is 15.2. The van der Waals surface area contributed by atoms with E-state index >= 15 is 4.39 Å². The second-order valence-electron chi connectivity index (χ2n) is 8.57. The third-order valence-electron chi connectivity index (χ3n) is 5.92. The molecule has 0 aromatic heterocycles. The van der Waals surface area contributed by atoms with E-state index in [1.807, 2.05) is 49.4 Å². The minimum atomic E-state index is -0.845. The number of benzene rings is 4. The van der Waals surface area contributed by atoms with Crippen molar-refractivity contribution in [1.82, 2.24) is 5.32 Å². The molecule has 190 valence electrons. The lowest BCUT2D eigenvalue weighted by molar-refractivity contribution is 0.0996. The Labute approximate surface area is 225 Å². The van der Waals surface area contributed by atoms with Gasteiger partial charge in [0.05, 0.1) is 23.2 Å². The average molecular weight is 525 g/mol. The average Bonchev–Trinajstić information content (AvgIpc) is 2.92. The molecule has 0 saturated heterocycles. The summed E-state index contributed by atoms with van der Waals surface area (Å²) in [5, 5.41) is 15.7. The highest BCUT2D eigenvalue weighted by Crippen LogP contribution is 2.35. The van der Waals surface area contributed by atoms with E-state index in [0.29, 0.717) is 27.7 Å². The van der Waals surface area contributed by atoms with Crippen molar-refractivity contribution in [2.24, 2.45) is 5.73 Å². The highest BCUT2D eigenvalue weighted by molar-refractivity contribution is 7.80. The number of rotatable bonds is 8. The number of anilines is 1. The van der Waals surface area contributed by atoms with E-state index in [4.69, 9.17) is 28.0 Å². The van der Waals surface area contributed by atoms with Crippen molar-refractivity contribution in [1.29, 1.82) is 5.26 Å². The van der Waals surface area contributed by atoms with E-state index in [2.05, 4.69) is 16.7 Å². The second-order valence-corrected chi connectivity index (χ2v) is 8.98. The molecule has 0 radical (unpaired) electrons. The van der Waals surface area contributed by atoms with Crippen LogP contribution in [0.2, 0.25) is 0 Å². The minimum Gasteiger partial charge on any atom is -0.488 e. The monoisotopic (exact) mass is 524 g/mol. The van der Waals surface area contributed by atoms with Crippen molar-refractivity contribution >= 4 is 28.9 Å². The summed E-state index contributed by atoms with van der Waals surface area (Å²) >= 11 is 5.51. The molecule has 0 fully saturated rings. The molecule has 6 nitrogen and oxygen atoms in total. The number of thiocarbonyl (C=S) groups is 1. The third kappa shape index (κ3) is 6.33. The fourth-order valence-electron chi connectivity index (χ4n) is 3.90. The van der Waals surface area contributed by atoms with Gasteiger partial charge in [-0.2, -0.15) is 5.26 Å². The van der Waals surface area contributed by atoms with Crippen LogP contribution in [-0.2, 0) is 6.61 Å². The molecule has 0 heterocycles. The van der Waals surface area contributed by atoms with E-state index in [-0.39, 0.29) is 23.8 Å². The maximum Gasteiger partial charge on any atom is 0.251 e. The molecule has 1 amide bonds. The van der Waals surface area contributed by atoms with Crippen molar-refractivity contribution < 1.29 is 13.9 Å². The standard InChI is InChI=1S/C30H25FN4O2S/c1-19(22-12-10-20(17-32)11-13-22)34-30(38)35-23-14-15-24(25-8-5-9-26(28(25)31)29(33)36)27(16-23)37-18-21-6-3-2-4-7-21/h2-16,19H,18H2,1H3,(H2,33,36)(H2,34,35,38). The summed E-state index contributed by atoms with van der Waals surface area (Å²) < 4.78 is 21.3. The molecular weight excluding hydrogens is 499 g/mol. The molecule has 4 aromatic carbocycles. The Kier molecular flexibility index (Phi) is 8.31. The van der Waals surface area contributed by atoms with Gasteiger partial charge in [0.25, 0.3) is 5.91 Å². The van der Waals surface area contributed by atoms with Crippen LogP contribution in [0.1, 0.15) is 40.0 Å². The van der Waals surface area contributed by atoms with Gasteiger partial charge >= 0.3 is 0 Å². The fourth-order valence-corrected chi connectivity index (χ4v) is 4.20. The minimum absolute atomic E-state index is 0.110. The van der Waals surface area contributed by atoms with Gasteiger partial charge in [-0.05, 0) is 60.6 Å². The van der Waals surface area contributed by atoms with Gasteiger partial charge in [0.15, 0.2) is 5.11 Å². The van der Waals surface area contributed by atoms with Gasteiger partial charge in [0.2, 0.25) is 0 Å². The highest BCUT2D eigenvalue weighted by atomic mass is 32.1. The van der Waals surface area contributed by atoms with Crippen molar-refractivity contribution in [3.05, 3.63) is 119 Å². The molecule has 4 aromatic rings. The Bertz CT molecular complexity index is 1500. The summed E-state index contributed by atoms with van der Waals surface area (Å²) in [5.41, 5.74) is 8.96. The summed E-state index contributed by atoms with van der Waals surface area (Å²) in [5.74, 6) is -1.15. The quantitative estimate of drug-likeness (QED) is 0.241. The Morgan fingerprint density at radius 2 is 1.76 bits per heavy atom. The Hall–Kier alpha value is -4.74. The Balaban J connectivity index is 1.58. The lowest BCUT2D eigenvalue weighted by atomic mass is 10.0. The predicted molar refractivity (Wildman–Crippen MR) is 150 cm³/mol. The first-order chi connectivity index (χ1) is 18.4. The number of halogens is 1. The number of ether oxygens (including phenoxy) is 1. The number of nitrogens with one attached hydrogen (secondary N) is 2. The van der Waals surface area contributed by atoms with Gasteiger partial charge in [-0.3, -0.25) is 4.79 Å². The van der Waals surface area contributed by atoms with Crippen LogP contribution in [0.15, 0.2) is 91.0 Å². The van der Waals surface area contributed by atoms with Crippen molar-refractivity contribution in [3.8, 4) is 22.9 Å². The first-order valence-corrected chi connectivity index (χ1v) is 12.2. The van der Waals surface area contributed by atoms with Crippen LogP contribution in [0, 0.1) is 17.1 Å². The number of hydrogen-bond donors (Lipinski definition) is 3. The lowest BCUT2D eigenvalue weighted by Crippen LogP contribution is -2.30. The van der Waals surface area contributed by atoms with Crippen LogP contribution in [0.25, 0.3) is 11.1 Å². The van der Waals surface area contributed by atoms with E-state index < -0.39 is 11.7 Å². The van der Waals surface area contributed by atoms with Crippen LogP contribution in [-0.4, -0.2) is 11.0 Å². The summed E-state index contributed by atoms with van der Waals surface area (Å²) in [6.07, 6.45) is 0. The number of amides is 1. The number of carbonyl (C=O) groups excluding carboxylic acids is 1. The summed E-state index contributed by atoms with van der Waals surface area (Å²) in [4.78, 5) is 11.7. The molecule has 38 heavy (non-hydrogen) atoms. The number of carbonyl (C=O) groups is 1. The summed E-state index contributed by atoms with van der Waals surface area (Å²) in [7, 11) is 0. The number of hydrogen-bond acceptors (Lipinski definition) is 4. The number of nitriles is 1. The number of nitrogens with zero attached hydrogens (tertiary/aromatic N) is 1. The number of nitrogens with two attached hydrogens (primary N) is 1. The van der Waals surface area contributed by atoms with Gasteiger partial charge in [-0.15, -0.1) is 0 Å². The summed E-state index contributed by atoms with van der Waals surface area (Å²) in [6, 6.07) is 28.5. The van der Waals surface area contributed by atoms with Gasteiger partial charge in [-0.1, -0.05) is 54.6 Å². The molecule has 0 saturated carbocycles. The van der Waals surface area contributed by atoms with E-state index in [1.54, 1.807) is 42.5 Å². The van der Waals surface area contributed by atoms with Crippen molar-refractivity contribution in [2.45, 2.75) is 19.6 Å². The Morgan fingerprint density at radius 1 is 1.03 bits per heavy atom. The van der Waals surface area contributed by atoms with E-state index in [9.17, 15) is 4.79 Å². The topological polar surface area (TPSA) is 100 Å². The van der Waals surface area contributed by atoms with Gasteiger partial charge in [-0.25, -0.2) is 4.39 Å². The zero-order valence-corrected chi connectivity index (χ0v) is 21.4. The van der Waals surface area contributed by atoms with Crippen LogP contribution in [0.5, 0.6) is 5.75 Å². The SMILES string of the molecule is CC(NC(=S)Nc1ccc(-c2cccc(C(N)=O)c2F)c(OCc2ccccc2)c1)c1ccc(C#N)cc1. The molecule has 0 aliphatic rings. The first kappa shape index (κ1) is 26.3. The van der Waals surface area contributed by atoms with E-state index in [0.717, 1.165) is 11.1 Å². The molecule has 4 rings (SSSR count). The van der Waals surface area contributed by atoms with Crippen molar-refractivity contribution in [2.75, 3.05) is 5.32 Å². The smallest absolute Gasteiger partial charge is 0.251 e. The zero-order chi connectivity index (χ0) is 27.1. The van der Waals surface area contributed by atoms with E-state index in [1.165, 1.54) is 6.07 Å². The largest absolute Gasteiger partial charge is 0.488 e. The molecule has 0 aliphatic carbocycles. The highest BCUT2D eigenvalue weighted by Gasteiger charge is 2.18. The van der Waals surface area contributed by atoms with Crippen molar-refractivity contribution in [3.63, 3.8) is 0 Å². The third-order valence-corrected chi connectivity index (χ3v) is 6.14. The normalized spacial score (nSPS) is 11.2. The van der Waals surface area contributed by atoms with Crippen LogP contribution >= 0.6 is 12.2 Å². The molecule has 4 N–H and O–H groups in total. The molecule has 8 heteroatoms. The Morgan fingerprint density at radius 3 is 2.45 bits per heavy atom. The zero-order valence-electron chi connectivity index (χ0n) is 20.6. The fraction of sp³-hybridized carbons (Fsp3) is 0.100. The first-order valence-electron chi connectivity index (χ1n) is 11.8. The molecule has 1 unspecified atom stereocenters. The van der Waals surface area contributed by atoms with Gasteiger partial charge in [0, 0.05) is 22.9 Å².